The molecule has 21 heavy (non-hydrogen) atoms. The van der Waals surface area contributed by atoms with Crippen molar-refractivity contribution in [2.45, 2.75) is 18.8 Å². The van der Waals surface area contributed by atoms with Crippen LogP contribution in [0.15, 0.2) is 30.7 Å². The monoisotopic (exact) mass is 307 g/mol. The van der Waals surface area contributed by atoms with Gasteiger partial charge < -0.3 is 9.72 Å². The van der Waals surface area contributed by atoms with Crippen LogP contribution in [0.1, 0.15) is 23.6 Å². The lowest BCUT2D eigenvalue weighted by Crippen LogP contribution is -2.17. The second kappa shape index (κ2) is 5.40. The van der Waals surface area contributed by atoms with Gasteiger partial charge in [0.2, 0.25) is 10.0 Å². The number of hydrogen-bond acceptors (Lipinski definition) is 4. The van der Waals surface area contributed by atoms with E-state index in [0.717, 1.165) is 36.1 Å². The first-order chi connectivity index (χ1) is 10.0. The number of ether oxygens (including phenoxy) is 1. The Hall–Kier alpha value is -2.02. The highest BCUT2D eigenvalue weighted by molar-refractivity contribution is 7.92. The predicted octanol–water partition coefficient (Wildman–Crippen LogP) is 1.89. The third kappa shape index (κ3) is 3.36. The van der Waals surface area contributed by atoms with Gasteiger partial charge in [0.05, 0.1) is 19.2 Å². The van der Waals surface area contributed by atoms with Crippen LogP contribution in [0.4, 0.5) is 5.69 Å². The van der Waals surface area contributed by atoms with E-state index in [1.54, 1.807) is 12.4 Å². The van der Waals surface area contributed by atoms with Crippen molar-refractivity contribution in [1.82, 2.24) is 9.97 Å². The molecule has 0 saturated heterocycles. The Morgan fingerprint density at radius 1 is 1.48 bits per heavy atom. The largest absolute Gasteiger partial charge is 0.493 e. The Balaban J connectivity index is 1.89. The molecule has 0 saturated carbocycles. The number of aromatic nitrogens is 2. The number of benzene rings is 1. The molecule has 0 radical (unpaired) electrons. The van der Waals surface area contributed by atoms with Crippen molar-refractivity contribution in [2.24, 2.45) is 0 Å². The number of nitrogens with one attached hydrogen (secondary N) is 2. The first-order valence-corrected chi connectivity index (χ1v) is 8.62. The van der Waals surface area contributed by atoms with Crippen LogP contribution in [0.3, 0.4) is 0 Å². The van der Waals surface area contributed by atoms with Crippen molar-refractivity contribution < 1.29 is 13.2 Å². The summed E-state index contributed by atoms with van der Waals surface area (Å²) in [6.45, 7) is 0.671. The number of fused-ring (bicyclic) bond motifs is 1. The fourth-order valence-corrected chi connectivity index (χ4v) is 3.17. The molecule has 1 aliphatic rings. The van der Waals surface area contributed by atoms with Crippen LogP contribution in [0, 0.1) is 0 Å². The SMILES string of the molecule is CS(=O)(=O)Nc1ccc2c(c1)C(Cc1cnc[nH]1)CCO2. The molecule has 1 unspecified atom stereocenters. The molecule has 2 N–H and O–H groups in total. The Labute approximate surface area is 123 Å². The van der Waals surface area contributed by atoms with E-state index in [0.29, 0.717) is 12.3 Å². The summed E-state index contributed by atoms with van der Waals surface area (Å²) in [5.74, 6) is 1.11. The van der Waals surface area contributed by atoms with Crippen molar-refractivity contribution >= 4 is 15.7 Å². The van der Waals surface area contributed by atoms with Gasteiger partial charge in [0.15, 0.2) is 0 Å². The minimum atomic E-state index is -3.28. The lowest BCUT2D eigenvalue weighted by molar-refractivity contribution is 0.266. The summed E-state index contributed by atoms with van der Waals surface area (Å²) in [6, 6.07) is 5.40. The zero-order chi connectivity index (χ0) is 14.9. The predicted molar refractivity (Wildman–Crippen MR) is 80.1 cm³/mol. The Bertz CT molecular complexity index is 726. The maximum atomic E-state index is 11.4. The first kappa shape index (κ1) is 13.9. The fraction of sp³-hybridized carbons (Fsp3) is 0.357. The minimum absolute atomic E-state index is 0.288. The molecular formula is C14H17N3O3S. The van der Waals surface area contributed by atoms with Gasteiger partial charge >= 0.3 is 0 Å². The summed E-state index contributed by atoms with van der Waals surface area (Å²) in [5.41, 5.74) is 2.66. The smallest absolute Gasteiger partial charge is 0.229 e. The second-order valence-corrected chi connectivity index (χ2v) is 6.99. The lowest BCUT2D eigenvalue weighted by Gasteiger charge is -2.26. The fourth-order valence-electron chi connectivity index (χ4n) is 2.62. The van der Waals surface area contributed by atoms with Gasteiger partial charge in [-0.3, -0.25) is 4.72 Å². The Kier molecular flexibility index (Phi) is 3.59. The maximum Gasteiger partial charge on any atom is 0.229 e. The quantitative estimate of drug-likeness (QED) is 0.903. The summed E-state index contributed by atoms with van der Waals surface area (Å²) < 4.78 is 30.9. The molecule has 0 bridgehead atoms. The first-order valence-electron chi connectivity index (χ1n) is 6.73. The molecule has 1 aliphatic heterocycles. The van der Waals surface area contributed by atoms with Gasteiger partial charge in [0.1, 0.15) is 5.75 Å². The van der Waals surface area contributed by atoms with E-state index in [2.05, 4.69) is 14.7 Å². The van der Waals surface area contributed by atoms with E-state index < -0.39 is 10.0 Å². The number of nitrogens with zero attached hydrogens (tertiary/aromatic N) is 1. The van der Waals surface area contributed by atoms with Gasteiger partial charge in [-0.1, -0.05) is 0 Å². The van der Waals surface area contributed by atoms with Gasteiger partial charge in [0.25, 0.3) is 0 Å². The molecule has 7 heteroatoms. The van der Waals surface area contributed by atoms with E-state index in [4.69, 9.17) is 4.74 Å². The molecule has 2 aromatic rings. The van der Waals surface area contributed by atoms with Crippen LogP contribution < -0.4 is 9.46 Å². The Morgan fingerprint density at radius 2 is 2.33 bits per heavy atom. The van der Waals surface area contributed by atoms with Crippen molar-refractivity contribution in [3.8, 4) is 5.75 Å². The highest BCUT2D eigenvalue weighted by Gasteiger charge is 2.23. The molecule has 0 aliphatic carbocycles. The number of aromatic amines is 1. The molecule has 1 aromatic heterocycles. The highest BCUT2D eigenvalue weighted by atomic mass is 32.2. The van der Waals surface area contributed by atoms with E-state index in [9.17, 15) is 8.42 Å². The Morgan fingerprint density at radius 3 is 3.05 bits per heavy atom. The average Bonchev–Trinajstić information content (AvgIpc) is 2.90. The normalized spacial score (nSPS) is 17.9. The van der Waals surface area contributed by atoms with Gasteiger partial charge in [-0.05, 0) is 42.5 Å². The van der Waals surface area contributed by atoms with E-state index in [1.165, 1.54) is 0 Å². The van der Waals surface area contributed by atoms with E-state index in [1.807, 2.05) is 18.3 Å². The third-order valence-electron chi connectivity index (χ3n) is 3.50. The molecule has 0 fully saturated rings. The number of rotatable bonds is 4. The summed E-state index contributed by atoms with van der Waals surface area (Å²) >= 11 is 0. The van der Waals surface area contributed by atoms with Gasteiger partial charge in [-0.15, -0.1) is 0 Å². The van der Waals surface area contributed by atoms with Crippen LogP contribution in [0.5, 0.6) is 5.75 Å². The minimum Gasteiger partial charge on any atom is -0.493 e. The molecule has 1 aromatic carbocycles. The number of anilines is 1. The molecule has 3 rings (SSSR count). The van der Waals surface area contributed by atoms with Crippen LogP contribution in [0.25, 0.3) is 0 Å². The van der Waals surface area contributed by atoms with Crippen molar-refractivity contribution in [3.63, 3.8) is 0 Å². The van der Waals surface area contributed by atoms with Crippen LogP contribution in [0.2, 0.25) is 0 Å². The number of H-pyrrole nitrogens is 1. The van der Waals surface area contributed by atoms with Gasteiger partial charge in [-0.2, -0.15) is 0 Å². The zero-order valence-corrected chi connectivity index (χ0v) is 12.5. The van der Waals surface area contributed by atoms with Crippen molar-refractivity contribution in [2.75, 3.05) is 17.6 Å². The third-order valence-corrected chi connectivity index (χ3v) is 4.10. The molecule has 0 spiro atoms. The standard InChI is InChI=1S/C14H17N3O3S/c1-21(18,19)17-11-2-3-14-13(7-11)10(4-5-20-14)6-12-8-15-9-16-12/h2-3,7-10,17H,4-6H2,1H3,(H,15,16). The summed E-state index contributed by atoms with van der Waals surface area (Å²) in [4.78, 5) is 7.14. The van der Waals surface area contributed by atoms with Crippen molar-refractivity contribution in [3.05, 3.63) is 42.0 Å². The molecule has 2 heterocycles. The summed E-state index contributed by atoms with van der Waals surface area (Å²) in [7, 11) is -3.28. The summed E-state index contributed by atoms with van der Waals surface area (Å²) in [5, 5.41) is 0. The lowest BCUT2D eigenvalue weighted by atomic mass is 9.89. The number of hydrogen-bond donors (Lipinski definition) is 2. The van der Waals surface area contributed by atoms with Gasteiger partial charge in [-0.25, -0.2) is 13.4 Å². The van der Waals surface area contributed by atoms with Gasteiger partial charge in [0, 0.05) is 17.6 Å². The molecular weight excluding hydrogens is 290 g/mol. The second-order valence-electron chi connectivity index (χ2n) is 5.24. The zero-order valence-electron chi connectivity index (χ0n) is 11.7. The maximum absolute atomic E-state index is 11.4. The van der Waals surface area contributed by atoms with E-state index >= 15 is 0 Å². The van der Waals surface area contributed by atoms with Crippen LogP contribution in [-0.2, 0) is 16.4 Å². The topological polar surface area (TPSA) is 84.1 Å². The number of sulfonamides is 1. The van der Waals surface area contributed by atoms with E-state index in [-0.39, 0.29) is 5.92 Å². The van der Waals surface area contributed by atoms with Crippen molar-refractivity contribution in [1.29, 1.82) is 0 Å². The molecule has 112 valence electrons. The average molecular weight is 307 g/mol. The van der Waals surface area contributed by atoms with Crippen LogP contribution >= 0.6 is 0 Å². The highest BCUT2D eigenvalue weighted by Crippen LogP contribution is 2.37. The summed E-state index contributed by atoms with van der Waals surface area (Å²) in [6.07, 6.45) is 6.35. The van der Waals surface area contributed by atoms with Crippen LogP contribution in [-0.4, -0.2) is 31.2 Å². The number of imidazole rings is 1. The molecule has 1 atom stereocenters. The molecule has 0 amide bonds. The molecule has 6 nitrogen and oxygen atoms in total.